The van der Waals surface area contributed by atoms with E-state index in [0.717, 1.165) is 13.1 Å². The molecule has 0 aromatic rings. The monoisotopic (exact) mass is 110 g/mol. The number of hydrogen-bond acceptors (Lipinski definition) is 2. The molecule has 6 heavy (non-hydrogen) atoms. The summed E-state index contributed by atoms with van der Waals surface area (Å²) < 4.78 is 0. The first-order chi connectivity index (χ1) is 2.50. The number of nitrogens with zero attached hydrogens (tertiary/aromatic N) is 1. The van der Waals surface area contributed by atoms with Gasteiger partial charge in [-0.3, -0.25) is 4.99 Å². The van der Waals surface area contributed by atoms with Gasteiger partial charge in [-0.05, 0) is 0 Å². The van der Waals surface area contributed by atoms with E-state index in [4.69, 9.17) is 0 Å². The average molecular weight is 110 g/mol. The van der Waals surface area contributed by atoms with Gasteiger partial charge in [-0.25, -0.2) is 0 Å². The second-order valence-electron chi connectivity index (χ2n) is 0.989. The van der Waals surface area contributed by atoms with E-state index >= 15 is 0 Å². The summed E-state index contributed by atoms with van der Waals surface area (Å²) >= 11 is 0. The van der Waals surface area contributed by atoms with Crippen LogP contribution in [0.4, 0.5) is 0 Å². The summed E-state index contributed by atoms with van der Waals surface area (Å²) in [6.07, 6.45) is 1.74. The Morgan fingerprint density at radius 2 is 2.50 bits per heavy atom. The van der Waals surface area contributed by atoms with Crippen LogP contribution in [0.25, 0.3) is 0 Å². The van der Waals surface area contributed by atoms with Crippen LogP contribution in [0.1, 0.15) is 0 Å². The molecule has 0 aromatic heterocycles. The van der Waals surface area contributed by atoms with Crippen molar-refractivity contribution in [1.82, 2.24) is 5.32 Å². The maximum atomic E-state index is 3.85. The molecule has 1 heterocycles. The summed E-state index contributed by atoms with van der Waals surface area (Å²) in [5.41, 5.74) is 0. The quantitative estimate of drug-likeness (QED) is 0.396. The van der Waals surface area contributed by atoms with Gasteiger partial charge in [0, 0.05) is 6.54 Å². The van der Waals surface area contributed by atoms with E-state index in [-0.39, 0.29) is 51.4 Å². The molecular formula is C3H7KN2. The van der Waals surface area contributed by atoms with Crippen molar-refractivity contribution in [3.05, 3.63) is 0 Å². The van der Waals surface area contributed by atoms with Crippen LogP contribution >= 0.6 is 0 Å². The number of hydrogen-bond donors (Lipinski definition) is 1. The Hall–Kier alpha value is 1.11. The van der Waals surface area contributed by atoms with E-state index in [9.17, 15) is 0 Å². The van der Waals surface area contributed by atoms with Crippen molar-refractivity contribution in [2.24, 2.45) is 4.99 Å². The van der Waals surface area contributed by atoms with Gasteiger partial charge in [0.2, 0.25) is 0 Å². The molecule has 1 N–H and O–H groups in total. The molecule has 2 nitrogen and oxygen atoms in total. The van der Waals surface area contributed by atoms with E-state index < -0.39 is 0 Å². The van der Waals surface area contributed by atoms with E-state index in [0.29, 0.717) is 0 Å². The minimum atomic E-state index is 0. The fourth-order valence-corrected chi connectivity index (χ4v) is 0.323. The standard InChI is InChI=1S/C3H6N2.K.H/c1-2-5-3-4-1;;/h3H,1-2H2,(H,4,5);;. The first kappa shape index (κ1) is 7.11. The molecule has 0 unspecified atom stereocenters. The third-order valence-corrected chi connectivity index (χ3v) is 0.568. The molecule has 1 rings (SSSR count). The molecule has 0 radical (unpaired) electrons. The molecule has 0 bridgehead atoms. The molecule has 1 aliphatic heterocycles. The van der Waals surface area contributed by atoms with Gasteiger partial charge in [0.25, 0.3) is 0 Å². The fraction of sp³-hybridized carbons (Fsp3) is 0.667. The predicted molar refractivity (Wildman–Crippen MR) is 28.5 cm³/mol. The van der Waals surface area contributed by atoms with E-state index in [2.05, 4.69) is 10.3 Å². The molecule has 0 fully saturated rings. The molecule has 0 amide bonds. The van der Waals surface area contributed by atoms with Gasteiger partial charge in [0.1, 0.15) is 0 Å². The van der Waals surface area contributed by atoms with Gasteiger partial charge in [-0.1, -0.05) is 0 Å². The van der Waals surface area contributed by atoms with Crippen LogP contribution in [0, 0.1) is 0 Å². The van der Waals surface area contributed by atoms with E-state index in [1.165, 1.54) is 0 Å². The summed E-state index contributed by atoms with van der Waals surface area (Å²) in [7, 11) is 0. The van der Waals surface area contributed by atoms with Crippen molar-refractivity contribution >= 4 is 57.7 Å². The van der Waals surface area contributed by atoms with Crippen LogP contribution in [-0.2, 0) is 0 Å². The second-order valence-corrected chi connectivity index (χ2v) is 0.989. The number of rotatable bonds is 0. The Bertz CT molecular complexity index is 46.8. The second kappa shape index (κ2) is 4.27. The van der Waals surface area contributed by atoms with Crippen LogP contribution in [0.5, 0.6) is 0 Å². The molecule has 0 saturated carbocycles. The van der Waals surface area contributed by atoms with Crippen molar-refractivity contribution < 1.29 is 0 Å². The SMILES string of the molecule is C1=NCCN1.[KH]. The molecule has 0 aliphatic carbocycles. The van der Waals surface area contributed by atoms with Crippen LogP contribution in [0.2, 0.25) is 0 Å². The first-order valence-corrected chi connectivity index (χ1v) is 1.72. The zero-order valence-electron chi connectivity index (χ0n) is 2.94. The molecular weight excluding hydrogens is 103 g/mol. The molecule has 3 heteroatoms. The summed E-state index contributed by atoms with van der Waals surface area (Å²) in [6.45, 7) is 1.99. The Morgan fingerprint density at radius 3 is 2.67 bits per heavy atom. The summed E-state index contributed by atoms with van der Waals surface area (Å²) in [5, 5.41) is 2.93. The van der Waals surface area contributed by atoms with E-state index in [1.807, 2.05) is 0 Å². The average Bonchev–Trinajstić information content (AvgIpc) is 1.76. The van der Waals surface area contributed by atoms with Crippen molar-refractivity contribution in [2.75, 3.05) is 13.1 Å². The van der Waals surface area contributed by atoms with Gasteiger partial charge in [0.15, 0.2) is 0 Å². The maximum absolute atomic E-state index is 3.85. The van der Waals surface area contributed by atoms with Crippen molar-refractivity contribution in [3.63, 3.8) is 0 Å². The zero-order chi connectivity index (χ0) is 3.54. The Labute approximate surface area is 79.8 Å². The van der Waals surface area contributed by atoms with Gasteiger partial charge < -0.3 is 5.32 Å². The molecule has 0 spiro atoms. The van der Waals surface area contributed by atoms with Gasteiger partial charge in [-0.15, -0.1) is 0 Å². The molecule has 1 aliphatic rings. The first-order valence-electron chi connectivity index (χ1n) is 1.72. The summed E-state index contributed by atoms with van der Waals surface area (Å²) in [5.74, 6) is 0. The van der Waals surface area contributed by atoms with Crippen LogP contribution < -0.4 is 5.32 Å². The van der Waals surface area contributed by atoms with Crippen molar-refractivity contribution in [1.29, 1.82) is 0 Å². The van der Waals surface area contributed by atoms with Gasteiger partial charge >= 0.3 is 51.4 Å². The molecule has 30 valence electrons. The Balaban J connectivity index is 0.000000250. The third kappa shape index (κ3) is 2.31. The minimum absolute atomic E-state index is 0. The van der Waals surface area contributed by atoms with Crippen LogP contribution in [0.15, 0.2) is 4.99 Å². The van der Waals surface area contributed by atoms with Crippen molar-refractivity contribution in [2.45, 2.75) is 0 Å². The zero-order valence-corrected chi connectivity index (χ0v) is 2.94. The Kier molecular flexibility index (Phi) is 5.06. The molecule has 0 atom stereocenters. The number of nitrogens with one attached hydrogen (secondary N) is 1. The fourth-order valence-electron chi connectivity index (χ4n) is 0.323. The third-order valence-electron chi connectivity index (χ3n) is 0.568. The normalized spacial score (nSPS) is 16.0. The summed E-state index contributed by atoms with van der Waals surface area (Å²) in [4.78, 5) is 3.85. The predicted octanol–water partition coefficient (Wildman–Crippen LogP) is -1.03. The molecule has 0 saturated heterocycles. The topological polar surface area (TPSA) is 24.4 Å². The molecule has 0 aromatic carbocycles. The number of aliphatic imine (C=N–C) groups is 1. The van der Waals surface area contributed by atoms with Crippen LogP contribution in [0.3, 0.4) is 0 Å². The van der Waals surface area contributed by atoms with Crippen LogP contribution in [-0.4, -0.2) is 70.8 Å². The van der Waals surface area contributed by atoms with Gasteiger partial charge in [0.05, 0.1) is 12.9 Å². The van der Waals surface area contributed by atoms with E-state index in [1.54, 1.807) is 6.34 Å². The van der Waals surface area contributed by atoms with Crippen molar-refractivity contribution in [3.8, 4) is 0 Å². The van der Waals surface area contributed by atoms with Gasteiger partial charge in [-0.2, -0.15) is 0 Å². The Morgan fingerprint density at radius 1 is 1.67 bits per heavy atom. The summed E-state index contributed by atoms with van der Waals surface area (Å²) in [6, 6.07) is 0.